The molecule has 1 aromatic heterocycles. The van der Waals surface area contributed by atoms with Gasteiger partial charge in [-0.3, -0.25) is 9.59 Å². The van der Waals surface area contributed by atoms with Gasteiger partial charge in [-0.15, -0.1) is 0 Å². The van der Waals surface area contributed by atoms with E-state index in [1.54, 1.807) is 6.07 Å². The van der Waals surface area contributed by atoms with Gasteiger partial charge in [0, 0.05) is 16.8 Å². The topological polar surface area (TPSA) is 88.8 Å². The Labute approximate surface area is 186 Å². The van der Waals surface area contributed by atoms with Crippen molar-refractivity contribution in [1.82, 2.24) is 9.78 Å². The van der Waals surface area contributed by atoms with E-state index in [0.717, 1.165) is 29.6 Å². The van der Waals surface area contributed by atoms with Crippen LogP contribution in [0.25, 0.3) is 10.8 Å². The number of carboxylic acids is 1. The molecule has 0 bridgehead atoms. The molecule has 1 heterocycles. The molecular weight excluding hydrogens is 425 g/mol. The van der Waals surface area contributed by atoms with E-state index < -0.39 is 12.0 Å². The molecule has 0 radical (unpaired) electrons. The third kappa shape index (κ3) is 5.81. The van der Waals surface area contributed by atoms with E-state index in [2.05, 4.69) is 5.10 Å². The highest BCUT2D eigenvalue weighted by molar-refractivity contribution is 6.30. The average Bonchev–Trinajstić information content (AvgIpc) is 2.71. The third-order valence-electron chi connectivity index (χ3n) is 4.98. The molecule has 2 aromatic carbocycles. The van der Waals surface area contributed by atoms with E-state index in [9.17, 15) is 14.7 Å². The second-order valence-electron chi connectivity index (χ2n) is 7.14. The van der Waals surface area contributed by atoms with Gasteiger partial charge in [-0.05, 0) is 36.6 Å². The molecular formula is C22H25Cl2N3O3. The van der Waals surface area contributed by atoms with Crippen LogP contribution in [0.1, 0.15) is 36.6 Å². The van der Waals surface area contributed by atoms with Crippen LogP contribution in [-0.4, -0.2) is 34.4 Å². The van der Waals surface area contributed by atoms with Crippen LogP contribution in [-0.2, 0) is 11.2 Å². The van der Waals surface area contributed by atoms with Crippen LogP contribution in [0.3, 0.4) is 0 Å². The lowest BCUT2D eigenvalue weighted by atomic mass is 10.0. The van der Waals surface area contributed by atoms with Gasteiger partial charge in [0.25, 0.3) is 5.56 Å². The smallest absolute Gasteiger partial charge is 0.305 e. The van der Waals surface area contributed by atoms with Crippen molar-refractivity contribution in [3.8, 4) is 0 Å². The number of hydrogen-bond donors (Lipinski definition) is 2. The summed E-state index contributed by atoms with van der Waals surface area (Å²) >= 11 is 5.99. The summed E-state index contributed by atoms with van der Waals surface area (Å²) in [7, 11) is 1.97. The fourth-order valence-corrected chi connectivity index (χ4v) is 3.64. The molecule has 3 rings (SSSR count). The predicted molar refractivity (Wildman–Crippen MR) is 114 cm³/mol. The minimum atomic E-state index is -0.934. The molecule has 3 aromatic rings. The molecule has 1 atom stereocenters. The van der Waals surface area contributed by atoms with E-state index in [1.165, 1.54) is 4.68 Å². The Kier molecular flexibility index (Phi) is 8.84. The molecule has 0 spiro atoms. The first kappa shape index (κ1) is 23.9. The lowest BCUT2D eigenvalue weighted by Crippen LogP contribution is -3.00. The Morgan fingerprint density at radius 1 is 1.17 bits per heavy atom. The van der Waals surface area contributed by atoms with E-state index in [4.69, 9.17) is 11.6 Å². The zero-order valence-electron chi connectivity index (χ0n) is 16.7. The van der Waals surface area contributed by atoms with Gasteiger partial charge in [0.05, 0.1) is 37.1 Å². The van der Waals surface area contributed by atoms with E-state index in [-0.39, 0.29) is 24.4 Å². The molecule has 0 aliphatic heterocycles. The number of benzene rings is 2. The number of quaternary nitrogens is 1. The van der Waals surface area contributed by atoms with Crippen LogP contribution in [0, 0.1) is 0 Å². The Morgan fingerprint density at radius 3 is 2.47 bits per heavy atom. The number of halogens is 2. The van der Waals surface area contributed by atoms with E-state index in [0.29, 0.717) is 23.3 Å². The fourth-order valence-electron chi connectivity index (χ4n) is 3.52. The molecule has 0 fully saturated rings. The molecule has 160 valence electrons. The first-order chi connectivity index (χ1) is 14.0. The number of rotatable bonds is 9. The van der Waals surface area contributed by atoms with Crippen LogP contribution in [0.2, 0.25) is 5.02 Å². The molecule has 0 aliphatic rings. The Morgan fingerprint density at radius 2 is 1.83 bits per heavy atom. The van der Waals surface area contributed by atoms with Crippen molar-refractivity contribution < 1.29 is 27.6 Å². The fraction of sp³-hybridized carbons (Fsp3) is 0.318. The lowest BCUT2D eigenvalue weighted by molar-refractivity contribution is -0.627. The highest BCUT2D eigenvalue weighted by Gasteiger charge is 2.21. The zero-order valence-corrected chi connectivity index (χ0v) is 18.2. The summed E-state index contributed by atoms with van der Waals surface area (Å²) < 4.78 is 1.39. The van der Waals surface area contributed by atoms with Crippen molar-refractivity contribution in [2.24, 2.45) is 0 Å². The number of carbonyl (C=O) groups is 1. The summed E-state index contributed by atoms with van der Waals surface area (Å²) in [5.74, 6) is -0.934. The second kappa shape index (κ2) is 11.1. The number of aromatic nitrogens is 2. The van der Waals surface area contributed by atoms with Crippen molar-refractivity contribution in [1.29, 1.82) is 0 Å². The summed E-state index contributed by atoms with van der Waals surface area (Å²) in [6.45, 7) is 0.871. The van der Waals surface area contributed by atoms with E-state index in [1.807, 2.05) is 54.8 Å². The van der Waals surface area contributed by atoms with Crippen molar-refractivity contribution in [2.75, 3.05) is 13.6 Å². The van der Waals surface area contributed by atoms with Crippen LogP contribution in [0.4, 0.5) is 0 Å². The van der Waals surface area contributed by atoms with Crippen LogP contribution >= 0.6 is 11.6 Å². The third-order valence-corrected chi connectivity index (χ3v) is 5.23. The normalized spacial score (nSPS) is 11.8. The van der Waals surface area contributed by atoms with Gasteiger partial charge in [-0.1, -0.05) is 41.9 Å². The van der Waals surface area contributed by atoms with Crippen molar-refractivity contribution in [2.45, 2.75) is 31.7 Å². The first-order valence-electron chi connectivity index (χ1n) is 9.74. The summed E-state index contributed by atoms with van der Waals surface area (Å²) in [6, 6.07) is 14.4. The van der Waals surface area contributed by atoms with Crippen LogP contribution < -0.4 is 23.3 Å². The molecule has 30 heavy (non-hydrogen) atoms. The Balaban J connectivity index is 0.00000320. The highest BCUT2D eigenvalue weighted by Crippen LogP contribution is 2.22. The molecule has 6 nitrogen and oxygen atoms in total. The van der Waals surface area contributed by atoms with Crippen molar-refractivity contribution in [3.63, 3.8) is 0 Å². The second-order valence-corrected chi connectivity index (χ2v) is 7.57. The number of fused-ring (bicyclic) bond motifs is 1. The summed E-state index contributed by atoms with van der Waals surface area (Å²) in [6.07, 6.45) is 1.79. The average molecular weight is 450 g/mol. The molecule has 0 amide bonds. The molecule has 0 aliphatic carbocycles. The van der Waals surface area contributed by atoms with Crippen LogP contribution in [0.15, 0.2) is 53.3 Å². The molecule has 0 saturated carbocycles. The number of nitrogens with two attached hydrogens (primary N) is 1. The minimum absolute atomic E-state index is 0. The van der Waals surface area contributed by atoms with Crippen molar-refractivity contribution >= 4 is 28.3 Å². The highest BCUT2D eigenvalue weighted by atomic mass is 35.5. The van der Waals surface area contributed by atoms with Crippen molar-refractivity contribution in [3.05, 3.63) is 75.2 Å². The van der Waals surface area contributed by atoms with Gasteiger partial charge in [0.1, 0.15) is 0 Å². The van der Waals surface area contributed by atoms with Gasteiger partial charge in [-0.2, -0.15) is 5.10 Å². The van der Waals surface area contributed by atoms with Gasteiger partial charge < -0.3 is 22.8 Å². The van der Waals surface area contributed by atoms with Gasteiger partial charge in [0.2, 0.25) is 0 Å². The van der Waals surface area contributed by atoms with Gasteiger partial charge in [0.15, 0.2) is 0 Å². The molecule has 8 heteroatoms. The monoisotopic (exact) mass is 449 g/mol. The molecule has 0 saturated heterocycles. The maximum atomic E-state index is 13.1. The SMILES string of the molecule is C[NH2+]CCCC(CC(=O)O)n1nc(Cc2ccc(Cl)cc2)c2ccccc2c1=O.[Cl-]. The maximum Gasteiger partial charge on any atom is 0.305 e. The number of nitrogens with zero attached hydrogens (tertiary/aromatic N) is 2. The minimum Gasteiger partial charge on any atom is -1.00 e. The van der Waals surface area contributed by atoms with Gasteiger partial charge >= 0.3 is 5.97 Å². The molecule has 1 unspecified atom stereocenters. The largest absolute Gasteiger partial charge is 1.00 e. The summed E-state index contributed by atoms with van der Waals surface area (Å²) in [5.41, 5.74) is 1.53. The predicted octanol–water partition coefficient (Wildman–Crippen LogP) is -0.366. The Bertz CT molecular complexity index is 1050. The number of hydrogen-bond acceptors (Lipinski definition) is 3. The number of carboxylic acid groups (broad SMARTS) is 1. The summed E-state index contributed by atoms with van der Waals surface area (Å²) in [4.78, 5) is 24.6. The summed E-state index contributed by atoms with van der Waals surface area (Å²) in [5, 5.41) is 18.1. The quantitative estimate of drug-likeness (QED) is 0.436. The first-order valence-corrected chi connectivity index (χ1v) is 10.1. The zero-order chi connectivity index (χ0) is 20.8. The van der Waals surface area contributed by atoms with E-state index >= 15 is 0 Å². The number of aliphatic carboxylic acids is 1. The maximum absolute atomic E-state index is 13.1. The Hall–Kier alpha value is -2.41. The molecule has 3 N–H and O–H groups in total. The standard InChI is InChI=1S/C22H24ClN3O3.ClH/c1-24-12-4-5-17(14-21(27)28)26-22(29)19-7-3-2-6-18(19)20(25-26)13-15-8-10-16(23)11-9-15;/h2-3,6-11,17,24H,4-5,12-14H2,1H3,(H,27,28);1H. The van der Waals surface area contributed by atoms with Crippen LogP contribution in [0.5, 0.6) is 0 Å². The van der Waals surface area contributed by atoms with Gasteiger partial charge in [-0.25, -0.2) is 4.68 Å². The lowest BCUT2D eigenvalue weighted by Gasteiger charge is -2.19.